The number of thiazole rings is 1. The molecule has 20 heavy (non-hydrogen) atoms. The van der Waals surface area contributed by atoms with E-state index in [4.69, 9.17) is 10.8 Å². The van der Waals surface area contributed by atoms with Gasteiger partial charge in [-0.3, -0.25) is 4.79 Å². The number of carboxylic acids is 1. The van der Waals surface area contributed by atoms with Crippen LogP contribution in [0.2, 0.25) is 0 Å². The number of aryl methyl sites for hydroxylation is 1. The third-order valence-corrected chi connectivity index (χ3v) is 4.87. The van der Waals surface area contributed by atoms with E-state index in [1.165, 1.54) is 11.3 Å². The number of primary amides is 1. The Bertz CT molecular complexity index is 507. The first-order chi connectivity index (χ1) is 9.47. The zero-order valence-electron chi connectivity index (χ0n) is 11.5. The predicted octanol–water partition coefficient (Wildman–Crippen LogP) is 0.890. The monoisotopic (exact) mass is 297 g/mol. The van der Waals surface area contributed by atoms with Gasteiger partial charge < -0.3 is 15.7 Å². The van der Waals surface area contributed by atoms with Crippen LogP contribution in [0.3, 0.4) is 0 Å². The van der Waals surface area contributed by atoms with E-state index in [-0.39, 0.29) is 11.8 Å². The molecule has 0 saturated carbocycles. The molecule has 3 N–H and O–H groups in total. The number of piperidine rings is 1. The number of carbonyl (C=O) groups excluding carboxylic acids is 1. The fourth-order valence-electron chi connectivity index (χ4n) is 2.45. The molecule has 1 aliphatic rings. The van der Waals surface area contributed by atoms with Crippen LogP contribution in [-0.4, -0.2) is 46.5 Å². The van der Waals surface area contributed by atoms with Gasteiger partial charge >= 0.3 is 5.97 Å². The number of hydrogen-bond acceptors (Lipinski definition) is 5. The number of aromatic carboxylic acids is 1. The Labute approximate surface area is 121 Å². The van der Waals surface area contributed by atoms with Crippen LogP contribution in [0.15, 0.2) is 0 Å². The molecule has 0 bridgehead atoms. The van der Waals surface area contributed by atoms with Gasteiger partial charge in [0, 0.05) is 18.9 Å². The molecule has 0 spiro atoms. The van der Waals surface area contributed by atoms with Crippen molar-refractivity contribution in [1.29, 1.82) is 0 Å². The van der Waals surface area contributed by atoms with Gasteiger partial charge in [0.1, 0.15) is 4.88 Å². The third kappa shape index (κ3) is 3.55. The Kier molecular flexibility index (Phi) is 4.72. The molecule has 2 rings (SSSR count). The summed E-state index contributed by atoms with van der Waals surface area (Å²) in [6.07, 6.45) is 2.37. The van der Waals surface area contributed by atoms with Crippen LogP contribution in [0.5, 0.6) is 0 Å². The van der Waals surface area contributed by atoms with Crippen molar-refractivity contribution < 1.29 is 14.7 Å². The maximum atomic E-state index is 11.1. The van der Waals surface area contributed by atoms with E-state index in [1.54, 1.807) is 6.92 Å². The number of carbonyl (C=O) groups is 2. The largest absolute Gasteiger partial charge is 0.477 e. The second kappa shape index (κ2) is 6.32. The Morgan fingerprint density at radius 3 is 2.60 bits per heavy atom. The SMILES string of the molecule is Cc1nc(CCN2CCC(C(N)=O)CC2)sc1C(=O)O. The molecule has 110 valence electrons. The van der Waals surface area contributed by atoms with E-state index < -0.39 is 5.97 Å². The molecule has 1 amide bonds. The summed E-state index contributed by atoms with van der Waals surface area (Å²) in [5.74, 6) is -1.10. The summed E-state index contributed by atoms with van der Waals surface area (Å²) in [6.45, 7) is 4.30. The van der Waals surface area contributed by atoms with Crippen molar-refractivity contribution in [1.82, 2.24) is 9.88 Å². The number of hydrogen-bond donors (Lipinski definition) is 2. The molecule has 0 aliphatic carbocycles. The zero-order chi connectivity index (χ0) is 14.7. The minimum absolute atomic E-state index is 0.00645. The molecule has 2 heterocycles. The highest BCUT2D eigenvalue weighted by Gasteiger charge is 2.23. The molecule has 1 saturated heterocycles. The van der Waals surface area contributed by atoms with Gasteiger partial charge in [0.15, 0.2) is 0 Å². The Morgan fingerprint density at radius 1 is 1.45 bits per heavy atom. The van der Waals surface area contributed by atoms with E-state index in [1.807, 2.05) is 0 Å². The molecule has 0 radical (unpaired) electrons. The smallest absolute Gasteiger partial charge is 0.347 e. The minimum Gasteiger partial charge on any atom is -0.477 e. The molecule has 1 aromatic heterocycles. The molecule has 0 aromatic carbocycles. The van der Waals surface area contributed by atoms with Gasteiger partial charge in [0.2, 0.25) is 5.91 Å². The number of likely N-dealkylation sites (tertiary alicyclic amines) is 1. The fraction of sp³-hybridized carbons (Fsp3) is 0.615. The van der Waals surface area contributed by atoms with Crippen LogP contribution in [0.25, 0.3) is 0 Å². The number of rotatable bonds is 5. The molecular formula is C13H19N3O3S. The van der Waals surface area contributed by atoms with Crippen LogP contribution in [-0.2, 0) is 11.2 Å². The summed E-state index contributed by atoms with van der Waals surface area (Å²) in [5, 5.41) is 9.85. The third-order valence-electron chi connectivity index (χ3n) is 3.67. The molecule has 1 fully saturated rings. The lowest BCUT2D eigenvalue weighted by molar-refractivity contribution is -0.123. The number of nitrogens with two attached hydrogens (primary N) is 1. The fourth-order valence-corrected chi connectivity index (χ4v) is 3.34. The predicted molar refractivity (Wildman–Crippen MR) is 75.9 cm³/mol. The summed E-state index contributed by atoms with van der Waals surface area (Å²) in [7, 11) is 0. The van der Waals surface area contributed by atoms with E-state index in [2.05, 4.69) is 9.88 Å². The van der Waals surface area contributed by atoms with Crippen molar-refractivity contribution in [3.8, 4) is 0 Å². The van der Waals surface area contributed by atoms with Gasteiger partial charge in [-0.2, -0.15) is 0 Å². The van der Waals surface area contributed by atoms with E-state index in [0.29, 0.717) is 10.6 Å². The average molecular weight is 297 g/mol. The minimum atomic E-state index is -0.909. The Balaban J connectivity index is 1.83. The second-order valence-corrected chi connectivity index (χ2v) is 6.18. The molecular weight excluding hydrogens is 278 g/mol. The zero-order valence-corrected chi connectivity index (χ0v) is 12.3. The maximum absolute atomic E-state index is 11.1. The van der Waals surface area contributed by atoms with Crippen molar-refractivity contribution in [3.05, 3.63) is 15.6 Å². The van der Waals surface area contributed by atoms with Crippen molar-refractivity contribution in [3.63, 3.8) is 0 Å². The van der Waals surface area contributed by atoms with Gasteiger partial charge in [-0.25, -0.2) is 9.78 Å². The van der Waals surface area contributed by atoms with E-state index in [9.17, 15) is 9.59 Å². The molecule has 1 aromatic rings. The van der Waals surface area contributed by atoms with Crippen LogP contribution in [0.1, 0.15) is 33.2 Å². The van der Waals surface area contributed by atoms with Crippen molar-refractivity contribution >= 4 is 23.2 Å². The first-order valence-corrected chi connectivity index (χ1v) is 7.50. The van der Waals surface area contributed by atoms with Gasteiger partial charge in [0.25, 0.3) is 0 Å². The maximum Gasteiger partial charge on any atom is 0.347 e. The van der Waals surface area contributed by atoms with E-state index in [0.717, 1.165) is 43.9 Å². The lowest BCUT2D eigenvalue weighted by Gasteiger charge is -2.30. The highest BCUT2D eigenvalue weighted by atomic mass is 32.1. The lowest BCUT2D eigenvalue weighted by Crippen LogP contribution is -2.39. The van der Waals surface area contributed by atoms with Crippen molar-refractivity contribution in [2.75, 3.05) is 19.6 Å². The topological polar surface area (TPSA) is 96.5 Å². The van der Waals surface area contributed by atoms with Crippen LogP contribution < -0.4 is 5.73 Å². The molecule has 6 nitrogen and oxygen atoms in total. The highest BCUT2D eigenvalue weighted by Crippen LogP contribution is 2.20. The summed E-state index contributed by atoms with van der Waals surface area (Å²) in [5.41, 5.74) is 5.89. The summed E-state index contributed by atoms with van der Waals surface area (Å²) in [4.78, 5) is 28.9. The van der Waals surface area contributed by atoms with Crippen LogP contribution in [0, 0.1) is 12.8 Å². The summed E-state index contributed by atoms with van der Waals surface area (Å²) >= 11 is 1.25. The van der Waals surface area contributed by atoms with E-state index >= 15 is 0 Å². The number of carboxylic acid groups (broad SMARTS) is 1. The standard InChI is InChI=1S/C13H19N3O3S/c1-8-11(13(18)19)20-10(15-8)4-7-16-5-2-9(3-6-16)12(14)17/h9H,2-7H2,1H3,(H2,14,17)(H,18,19). The van der Waals surface area contributed by atoms with Gasteiger partial charge in [-0.05, 0) is 32.9 Å². The first kappa shape index (κ1) is 14.9. The number of aromatic nitrogens is 1. The summed E-state index contributed by atoms with van der Waals surface area (Å²) < 4.78 is 0. The molecule has 7 heteroatoms. The van der Waals surface area contributed by atoms with Crippen molar-refractivity contribution in [2.45, 2.75) is 26.2 Å². The highest BCUT2D eigenvalue weighted by molar-refractivity contribution is 7.13. The normalized spacial score (nSPS) is 17.2. The Morgan fingerprint density at radius 2 is 2.10 bits per heavy atom. The Hall–Kier alpha value is -1.47. The molecule has 0 atom stereocenters. The quantitative estimate of drug-likeness (QED) is 0.841. The molecule has 1 aliphatic heterocycles. The van der Waals surface area contributed by atoms with Gasteiger partial charge in [-0.15, -0.1) is 11.3 Å². The molecule has 0 unspecified atom stereocenters. The first-order valence-electron chi connectivity index (χ1n) is 6.68. The van der Waals surface area contributed by atoms with Crippen LogP contribution in [0.4, 0.5) is 0 Å². The second-order valence-electron chi connectivity index (χ2n) is 5.10. The van der Waals surface area contributed by atoms with Crippen molar-refractivity contribution in [2.24, 2.45) is 11.7 Å². The van der Waals surface area contributed by atoms with Crippen LogP contribution >= 0.6 is 11.3 Å². The van der Waals surface area contributed by atoms with Gasteiger partial charge in [0.05, 0.1) is 10.7 Å². The number of amides is 1. The summed E-state index contributed by atoms with van der Waals surface area (Å²) in [6, 6.07) is 0. The van der Waals surface area contributed by atoms with Gasteiger partial charge in [-0.1, -0.05) is 0 Å². The number of nitrogens with zero attached hydrogens (tertiary/aromatic N) is 2. The lowest BCUT2D eigenvalue weighted by atomic mass is 9.96. The average Bonchev–Trinajstić information content (AvgIpc) is 2.78.